The van der Waals surface area contributed by atoms with Crippen molar-refractivity contribution < 1.29 is 23.5 Å². The van der Waals surface area contributed by atoms with E-state index >= 15 is 0 Å². The van der Waals surface area contributed by atoms with Crippen LogP contribution in [0.5, 0.6) is 5.75 Å². The van der Waals surface area contributed by atoms with E-state index in [4.69, 9.17) is 4.74 Å². The van der Waals surface area contributed by atoms with Gasteiger partial charge in [0.1, 0.15) is 17.6 Å². The molecule has 8 nitrogen and oxygen atoms in total. The molecule has 0 spiro atoms. The predicted molar refractivity (Wildman–Crippen MR) is 138 cm³/mol. The van der Waals surface area contributed by atoms with Crippen LogP contribution < -0.4 is 10.1 Å². The summed E-state index contributed by atoms with van der Waals surface area (Å²) in [6.45, 7) is 7.32. The second-order valence-corrected chi connectivity index (χ2v) is 10.0. The van der Waals surface area contributed by atoms with Crippen molar-refractivity contribution >= 4 is 17.7 Å². The number of amides is 3. The second-order valence-electron chi connectivity index (χ2n) is 10.0. The van der Waals surface area contributed by atoms with E-state index in [1.54, 1.807) is 46.1 Å². The van der Waals surface area contributed by atoms with E-state index in [2.05, 4.69) is 5.32 Å². The van der Waals surface area contributed by atoms with Crippen LogP contribution in [0.25, 0.3) is 0 Å². The summed E-state index contributed by atoms with van der Waals surface area (Å²) in [5.41, 5.74) is 0.840. The van der Waals surface area contributed by atoms with Gasteiger partial charge >= 0.3 is 0 Å². The minimum Gasteiger partial charge on any atom is -0.497 e. The van der Waals surface area contributed by atoms with Gasteiger partial charge < -0.3 is 24.8 Å². The molecule has 0 saturated carbocycles. The number of carbonyl (C=O) groups excluding carboxylic acids is 3. The average Bonchev–Trinajstić information content (AvgIpc) is 3.36. The standard InChI is InChI=1S/C28H35FN4O4/c1-19(2)17-32(26(34)21-6-10-24(37-3)11-7-21)23-16-25(28(36)31-14-12-30-13-15-31)33(18-23)27(35)20-4-8-22(29)9-5-20/h4-11,19,23,25,30H,12-18H2,1-3H3. The van der Waals surface area contributed by atoms with Gasteiger partial charge in [-0.25, -0.2) is 4.39 Å². The van der Waals surface area contributed by atoms with Crippen molar-refractivity contribution in [3.8, 4) is 5.75 Å². The van der Waals surface area contributed by atoms with E-state index in [-0.39, 0.29) is 36.2 Å². The van der Waals surface area contributed by atoms with E-state index in [0.717, 1.165) is 0 Å². The van der Waals surface area contributed by atoms with Crippen molar-refractivity contribution in [1.29, 1.82) is 0 Å². The fourth-order valence-corrected chi connectivity index (χ4v) is 5.04. The first-order chi connectivity index (χ1) is 17.8. The summed E-state index contributed by atoms with van der Waals surface area (Å²) in [5.74, 6) is -0.182. The van der Waals surface area contributed by atoms with Gasteiger partial charge in [0.15, 0.2) is 0 Å². The van der Waals surface area contributed by atoms with Crippen LogP contribution in [0.3, 0.4) is 0 Å². The minimum absolute atomic E-state index is 0.110. The number of hydrogen-bond donors (Lipinski definition) is 1. The van der Waals surface area contributed by atoms with Crippen molar-refractivity contribution in [1.82, 2.24) is 20.0 Å². The number of benzene rings is 2. The molecule has 2 saturated heterocycles. The predicted octanol–water partition coefficient (Wildman–Crippen LogP) is 2.65. The number of likely N-dealkylation sites (tertiary alicyclic amines) is 1. The summed E-state index contributed by atoms with van der Waals surface area (Å²) in [7, 11) is 1.57. The lowest BCUT2D eigenvalue weighted by Gasteiger charge is -2.32. The van der Waals surface area contributed by atoms with Crippen LogP contribution in [0.1, 0.15) is 41.0 Å². The normalized spacial score (nSPS) is 19.7. The largest absolute Gasteiger partial charge is 0.497 e. The number of ether oxygens (including phenoxy) is 1. The fourth-order valence-electron chi connectivity index (χ4n) is 5.04. The molecule has 2 fully saturated rings. The lowest BCUT2D eigenvalue weighted by Crippen LogP contribution is -2.53. The Hall–Kier alpha value is -3.46. The Balaban J connectivity index is 1.63. The third kappa shape index (κ3) is 6.10. The number of carbonyl (C=O) groups is 3. The first-order valence-corrected chi connectivity index (χ1v) is 12.8. The lowest BCUT2D eigenvalue weighted by molar-refractivity contribution is -0.135. The summed E-state index contributed by atoms with van der Waals surface area (Å²) in [5, 5.41) is 3.24. The molecule has 1 N–H and O–H groups in total. The van der Waals surface area contributed by atoms with Crippen molar-refractivity contribution in [2.75, 3.05) is 46.4 Å². The van der Waals surface area contributed by atoms with E-state index < -0.39 is 11.9 Å². The van der Waals surface area contributed by atoms with Gasteiger partial charge in [0.2, 0.25) is 5.91 Å². The molecule has 4 rings (SSSR count). The molecule has 2 aromatic carbocycles. The SMILES string of the molecule is COc1ccc(C(=O)N(CC(C)C)C2CC(C(=O)N3CCNCC3)N(C(=O)c3ccc(F)cc3)C2)cc1. The van der Waals surface area contributed by atoms with Gasteiger partial charge in [-0.05, 0) is 60.9 Å². The molecule has 2 unspecified atom stereocenters. The van der Waals surface area contributed by atoms with Gasteiger partial charge in [-0.1, -0.05) is 13.8 Å². The second kappa shape index (κ2) is 11.7. The number of rotatable bonds is 7. The molecule has 2 aliphatic rings. The maximum absolute atomic E-state index is 13.7. The van der Waals surface area contributed by atoms with Crippen LogP contribution in [0.4, 0.5) is 4.39 Å². The molecular weight excluding hydrogens is 475 g/mol. The molecular formula is C28H35FN4O4. The monoisotopic (exact) mass is 510 g/mol. The van der Waals surface area contributed by atoms with Gasteiger partial charge in [0.25, 0.3) is 11.8 Å². The zero-order chi connectivity index (χ0) is 26.5. The zero-order valence-electron chi connectivity index (χ0n) is 21.7. The number of methoxy groups -OCH3 is 1. The molecule has 37 heavy (non-hydrogen) atoms. The maximum atomic E-state index is 13.7. The Morgan fingerprint density at radius 3 is 2.24 bits per heavy atom. The Labute approximate surface area is 217 Å². The Kier molecular flexibility index (Phi) is 8.43. The van der Waals surface area contributed by atoms with E-state index in [1.807, 2.05) is 13.8 Å². The number of nitrogens with zero attached hydrogens (tertiary/aromatic N) is 3. The summed E-state index contributed by atoms with van der Waals surface area (Å²) in [6.07, 6.45) is 0.351. The first-order valence-electron chi connectivity index (χ1n) is 12.8. The highest BCUT2D eigenvalue weighted by molar-refractivity contribution is 5.99. The van der Waals surface area contributed by atoms with E-state index in [1.165, 1.54) is 24.3 Å². The minimum atomic E-state index is -0.695. The zero-order valence-corrected chi connectivity index (χ0v) is 21.7. The van der Waals surface area contributed by atoms with Crippen molar-refractivity contribution in [3.63, 3.8) is 0 Å². The molecule has 9 heteroatoms. The topological polar surface area (TPSA) is 82.2 Å². The van der Waals surface area contributed by atoms with Gasteiger partial charge in [0.05, 0.1) is 13.2 Å². The van der Waals surface area contributed by atoms with E-state index in [9.17, 15) is 18.8 Å². The fraction of sp³-hybridized carbons (Fsp3) is 0.464. The van der Waals surface area contributed by atoms with Crippen LogP contribution >= 0.6 is 0 Å². The van der Waals surface area contributed by atoms with Crippen LogP contribution in [0.15, 0.2) is 48.5 Å². The molecule has 2 aromatic rings. The molecule has 0 aromatic heterocycles. The Morgan fingerprint density at radius 2 is 1.65 bits per heavy atom. The summed E-state index contributed by atoms with van der Waals surface area (Å²) in [6, 6.07) is 11.3. The summed E-state index contributed by atoms with van der Waals surface area (Å²) in [4.78, 5) is 46.0. The third-order valence-corrected chi connectivity index (χ3v) is 6.95. The van der Waals surface area contributed by atoms with Gasteiger partial charge in [-0.3, -0.25) is 14.4 Å². The van der Waals surface area contributed by atoms with Gasteiger partial charge in [0, 0.05) is 50.4 Å². The molecule has 2 aliphatic heterocycles. The van der Waals surface area contributed by atoms with Crippen LogP contribution in [0, 0.1) is 11.7 Å². The highest BCUT2D eigenvalue weighted by Crippen LogP contribution is 2.28. The lowest BCUT2D eigenvalue weighted by atomic mass is 10.1. The van der Waals surface area contributed by atoms with Crippen LogP contribution in [-0.4, -0.2) is 90.9 Å². The first kappa shape index (κ1) is 26.6. The summed E-state index contributed by atoms with van der Waals surface area (Å²) >= 11 is 0. The number of hydrogen-bond acceptors (Lipinski definition) is 5. The van der Waals surface area contributed by atoms with Crippen molar-refractivity contribution in [2.24, 2.45) is 5.92 Å². The van der Waals surface area contributed by atoms with Crippen LogP contribution in [0.2, 0.25) is 0 Å². The molecule has 3 amide bonds. The highest BCUT2D eigenvalue weighted by atomic mass is 19.1. The molecule has 2 atom stereocenters. The molecule has 0 aliphatic carbocycles. The number of piperazine rings is 1. The van der Waals surface area contributed by atoms with Crippen molar-refractivity contribution in [3.05, 3.63) is 65.5 Å². The quantitative estimate of drug-likeness (QED) is 0.620. The number of halogens is 1. The molecule has 0 radical (unpaired) electrons. The Bertz CT molecular complexity index is 1100. The van der Waals surface area contributed by atoms with Crippen LogP contribution in [-0.2, 0) is 4.79 Å². The average molecular weight is 511 g/mol. The molecule has 198 valence electrons. The van der Waals surface area contributed by atoms with Gasteiger partial charge in [-0.15, -0.1) is 0 Å². The Morgan fingerprint density at radius 1 is 1.03 bits per heavy atom. The molecule has 0 bridgehead atoms. The third-order valence-electron chi connectivity index (χ3n) is 6.95. The van der Waals surface area contributed by atoms with Crippen molar-refractivity contribution in [2.45, 2.75) is 32.4 Å². The van der Waals surface area contributed by atoms with Gasteiger partial charge in [-0.2, -0.15) is 0 Å². The maximum Gasteiger partial charge on any atom is 0.254 e. The van der Waals surface area contributed by atoms with E-state index in [0.29, 0.717) is 56.0 Å². The number of nitrogens with one attached hydrogen (secondary N) is 1. The smallest absolute Gasteiger partial charge is 0.254 e. The molecule has 2 heterocycles. The summed E-state index contributed by atoms with van der Waals surface area (Å²) < 4.78 is 18.7. The highest BCUT2D eigenvalue weighted by Gasteiger charge is 2.45.